The highest BCUT2D eigenvalue weighted by Gasteiger charge is 2.63. The Morgan fingerprint density at radius 1 is 1.12 bits per heavy atom. The fraction of sp³-hybridized carbons (Fsp3) is 0.452. The number of carbonyl (C=O) groups excluding carboxylic acids is 3. The molecule has 3 aliphatic rings. The van der Waals surface area contributed by atoms with Crippen LogP contribution in [-0.4, -0.2) is 82.6 Å². The number of aliphatic hydroxyl groups is 3. The summed E-state index contributed by atoms with van der Waals surface area (Å²) in [6, 6.07) is 2.69. The number of primary amides is 1. The van der Waals surface area contributed by atoms with Gasteiger partial charge in [0.25, 0.3) is 5.91 Å². The third-order valence-corrected chi connectivity index (χ3v) is 9.09. The normalized spacial score (nSPS) is 25.2. The molecule has 0 radical (unpaired) electrons. The molecule has 1 aromatic carbocycles. The van der Waals surface area contributed by atoms with Crippen molar-refractivity contribution in [3.05, 3.63) is 68.6 Å². The van der Waals surface area contributed by atoms with Crippen LogP contribution in [0.25, 0.3) is 0 Å². The summed E-state index contributed by atoms with van der Waals surface area (Å²) in [6.45, 7) is 4.40. The average Bonchev–Trinajstić information content (AvgIpc) is 3.23. The van der Waals surface area contributed by atoms with E-state index >= 15 is 0 Å². The number of nitrogens with two attached hydrogens (primary N) is 1. The highest BCUT2D eigenvalue weighted by molar-refractivity contribution is 6.25. The number of furan rings is 1. The van der Waals surface area contributed by atoms with Gasteiger partial charge in [0.1, 0.15) is 34.4 Å². The smallest absolute Gasteiger partial charge is 0.255 e. The van der Waals surface area contributed by atoms with Gasteiger partial charge in [0.05, 0.1) is 18.2 Å². The number of benzene rings is 1. The monoisotopic (exact) mass is 594 g/mol. The Morgan fingerprint density at radius 2 is 1.79 bits per heavy atom. The minimum absolute atomic E-state index is 0.0199. The van der Waals surface area contributed by atoms with Gasteiger partial charge in [-0.2, -0.15) is 0 Å². The first kappa shape index (κ1) is 30.3. The van der Waals surface area contributed by atoms with Crippen LogP contribution in [-0.2, 0) is 29.1 Å². The molecule has 7 N–H and O–H groups in total. The van der Waals surface area contributed by atoms with Crippen LogP contribution in [0.3, 0.4) is 0 Å². The number of nitrogens with one attached hydrogen (secondary N) is 1. The summed E-state index contributed by atoms with van der Waals surface area (Å²) in [5.74, 6) is -5.17. The van der Waals surface area contributed by atoms with E-state index in [-0.39, 0.29) is 36.3 Å². The van der Waals surface area contributed by atoms with Crippen molar-refractivity contribution in [3.8, 4) is 5.75 Å². The molecular weight excluding hydrogens is 556 g/mol. The van der Waals surface area contributed by atoms with Crippen molar-refractivity contribution in [2.24, 2.45) is 17.6 Å². The number of aryl methyl sites for hydroxylation is 2. The Balaban J connectivity index is 1.60. The second-order valence-electron chi connectivity index (χ2n) is 12.2. The summed E-state index contributed by atoms with van der Waals surface area (Å²) >= 11 is 0. The molecule has 0 aliphatic heterocycles. The summed E-state index contributed by atoms with van der Waals surface area (Å²) in [7, 11) is 6.83. The second kappa shape index (κ2) is 10.5. The van der Waals surface area contributed by atoms with Crippen molar-refractivity contribution in [2.45, 2.75) is 51.4 Å². The van der Waals surface area contributed by atoms with E-state index < -0.39 is 58.0 Å². The van der Waals surface area contributed by atoms with Crippen LogP contribution < -0.4 is 16.0 Å². The quantitative estimate of drug-likeness (QED) is 0.256. The van der Waals surface area contributed by atoms with E-state index in [1.54, 1.807) is 20.2 Å². The van der Waals surface area contributed by atoms with E-state index in [1.165, 1.54) is 4.90 Å². The van der Waals surface area contributed by atoms with Crippen LogP contribution in [0.2, 0.25) is 0 Å². The van der Waals surface area contributed by atoms with Crippen molar-refractivity contribution >= 4 is 23.2 Å². The zero-order chi connectivity index (χ0) is 31.7. The van der Waals surface area contributed by atoms with Gasteiger partial charge >= 0.3 is 0 Å². The second-order valence-corrected chi connectivity index (χ2v) is 12.2. The summed E-state index contributed by atoms with van der Waals surface area (Å²) in [6.07, 6.45) is 0.249. The fourth-order valence-corrected chi connectivity index (χ4v) is 6.94. The van der Waals surface area contributed by atoms with Crippen LogP contribution in [0.1, 0.15) is 45.0 Å². The number of hydrogen-bond donors (Lipinski definition) is 6. The number of rotatable bonds is 7. The van der Waals surface area contributed by atoms with Crippen LogP contribution >= 0.6 is 0 Å². The number of phenolic OH excluding ortho intramolecular Hbond substituents is 1. The lowest BCUT2D eigenvalue weighted by atomic mass is 9.58. The number of phenols is 1. The lowest BCUT2D eigenvalue weighted by Crippen LogP contribution is -2.63. The lowest BCUT2D eigenvalue weighted by molar-refractivity contribution is -0.148. The van der Waals surface area contributed by atoms with Crippen LogP contribution in [0, 0.1) is 25.7 Å². The van der Waals surface area contributed by atoms with Crippen molar-refractivity contribution in [2.75, 3.05) is 33.1 Å². The minimum atomic E-state index is -2.68. The first-order chi connectivity index (χ1) is 20.1. The summed E-state index contributed by atoms with van der Waals surface area (Å²) < 4.78 is 5.71. The van der Waals surface area contributed by atoms with Crippen molar-refractivity contribution < 1.29 is 39.2 Å². The number of Topliss-reactive ketones (excluding diaryl/α,β-unsaturated/α-hetero) is 2. The Morgan fingerprint density at radius 3 is 2.35 bits per heavy atom. The van der Waals surface area contributed by atoms with Gasteiger partial charge in [-0.1, -0.05) is 0 Å². The predicted octanol–water partition coefficient (Wildman–Crippen LogP) is 1.69. The van der Waals surface area contributed by atoms with E-state index in [1.807, 2.05) is 38.9 Å². The standard InChI is InChI=1S/C31H38N4O8/c1-13-7-17(43-14(13)2)12-33-11-16-10-20(34(3)4)18-8-15-9-19-24(35(5)6)27(38)23(30(32)41)29(40)31(19,42)28(39)21(15)26(37)22(18)25(16)36/h7,10,15,19,24,33,36,38-39,42H,8-9,11-12H2,1-6H3,(H2,32,41)/t15-,19-,24?,31-/m0/s1. The Hall–Kier alpha value is -4.13. The predicted molar refractivity (Wildman–Crippen MR) is 157 cm³/mol. The molecule has 0 fully saturated rings. The average molecular weight is 595 g/mol. The molecule has 1 amide bonds. The Bertz CT molecular complexity index is 1600. The number of fused-ring (bicyclic) bond motifs is 3. The molecule has 5 rings (SSSR count). The van der Waals surface area contributed by atoms with Gasteiger partial charge in [0.2, 0.25) is 5.78 Å². The molecule has 0 spiro atoms. The number of amides is 1. The molecule has 12 nitrogen and oxygen atoms in total. The molecule has 1 unspecified atom stereocenters. The number of aromatic hydroxyl groups is 1. The maximum atomic E-state index is 14.1. The summed E-state index contributed by atoms with van der Waals surface area (Å²) in [5, 5.41) is 48.9. The molecule has 0 saturated heterocycles. The first-order valence-electron chi connectivity index (χ1n) is 14.1. The molecule has 1 heterocycles. The third-order valence-electron chi connectivity index (χ3n) is 9.09. The summed E-state index contributed by atoms with van der Waals surface area (Å²) in [5.41, 5.74) is 4.42. The van der Waals surface area contributed by atoms with Crippen molar-refractivity contribution in [1.29, 1.82) is 0 Å². The van der Waals surface area contributed by atoms with Crippen molar-refractivity contribution in [3.63, 3.8) is 0 Å². The van der Waals surface area contributed by atoms with Gasteiger partial charge < -0.3 is 40.8 Å². The molecule has 43 heavy (non-hydrogen) atoms. The van der Waals surface area contributed by atoms with E-state index in [4.69, 9.17) is 10.2 Å². The number of nitrogens with zero attached hydrogens (tertiary/aromatic N) is 2. The van der Waals surface area contributed by atoms with Gasteiger partial charge in [-0.15, -0.1) is 0 Å². The Labute approximate surface area is 249 Å². The number of ketones is 2. The highest BCUT2D eigenvalue weighted by Crippen LogP contribution is 2.53. The van der Waals surface area contributed by atoms with Crippen molar-refractivity contribution in [1.82, 2.24) is 10.2 Å². The van der Waals surface area contributed by atoms with Gasteiger partial charge in [-0.3, -0.25) is 19.3 Å². The SMILES string of the molecule is Cc1cc(CNCc2cc(N(C)C)c3c(c2O)C(=O)C2=C(O)[C@]4(O)C(=O)C(C(N)=O)=C(O)C(N(C)C)[C@@H]4C[C@@H]2C3)oc1C. The molecule has 0 bridgehead atoms. The minimum Gasteiger partial charge on any atom is -0.510 e. The number of allylic oxidation sites excluding steroid dienone is 1. The van der Waals surface area contributed by atoms with Crippen LogP contribution in [0.15, 0.2) is 39.2 Å². The zero-order valence-electron chi connectivity index (χ0n) is 25.1. The zero-order valence-corrected chi connectivity index (χ0v) is 25.1. The van der Waals surface area contributed by atoms with E-state index in [9.17, 15) is 34.8 Å². The Kier molecular flexibility index (Phi) is 7.44. The maximum Gasteiger partial charge on any atom is 0.255 e. The molecule has 4 atom stereocenters. The molecule has 230 valence electrons. The number of likely N-dealkylation sites (N-methyl/N-ethyl adjacent to an activating group) is 1. The molecule has 2 aromatic rings. The first-order valence-corrected chi connectivity index (χ1v) is 14.1. The van der Waals surface area contributed by atoms with E-state index in [2.05, 4.69) is 5.32 Å². The van der Waals surface area contributed by atoms with Gasteiger partial charge in [0.15, 0.2) is 11.4 Å². The molecule has 3 aliphatic carbocycles. The molecular formula is C31H38N4O8. The largest absolute Gasteiger partial charge is 0.510 e. The van der Waals surface area contributed by atoms with Gasteiger partial charge in [-0.05, 0) is 70.0 Å². The van der Waals surface area contributed by atoms with Crippen LogP contribution in [0.5, 0.6) is 5.75 Å². The maximum absolute atomic E-state index is 14.1. The highest BCUT2D eigenvalue weighted by atomic mass is 16.4. The third kappa shape index (κ3) is 4.52. The molecule has 12 heteroatoms. The summed E-state index contributed by atoms with van der Waals surface area (Å²) in [4.78, 5) is 43.2. The van der Waals surface area contributed by atoms with Gasteiger partial charge in [0, 0.05) is 43.4 Å². The number of aliphatic hydroxyl groups excluding tert-OH is 2. The molecule has 0 saturated carbocycles. The topological polar surface area (TPSA) is 190 Å². The van der Waals surface area contributed by atoms with Gasteiger partial charge in [-0.25, -0.2) is 0 Å². The van der Waals surface area contributed by atoms with E-state index in [0.29, 0.717) is 23.4 Å². The lowest BCUT2D eigenvalue weighted by Gasteiger charge is -2.50. The molecule has 1 aromatic heterocycles. The number of hydrogen-bond acceptors (Lipinski definition) is 11. The number of carbonyl (C=O) groups is 3. The number of anilines is 1. The van der Waals surface area contributed by atoms with Crippen LogP contribution in [0.4, 0.5) is 5.69 Å². The fourth-order valence-electron chi connectivity index (χ4n) is 6.94. The van der Waals surface area contributed by atoms with E-state index in [0.717, 1.165) is 17.1 Å².